The molecule has 3 atom stereocenters. The predicted octanol–water partition coefficient (Wildman–Crippen LogP) is 1.10. The quantitative estimate of drug-likeness (QED) is 0.837. The van der Waals surface area contributed by atoms with Gasteiger partial charge < -0.3 is 20.1 Å². The van der Waals surface area contributed by atoms with Gasteiger partial charge in [-0.15, -0.1) is 0 Å². The Balaban J connectivity index is 1.44. The first-order valence-electron chi connectivity index (χ1n) is 8.87. The Morgan fingerprint density at radius 2 is 2.08 bits per heavy atom. The van der Waals surface area contributed by atoms with Gasteiger partial charge in [-0.3, -0.25) is 9.69 Å². The van der Waals surface area contributed by atoms with Crippen molar-refractivity contribution in [2.45, 2.75) is 25.6 Å². The van der Waals surface area contributed by atoms with Gasteiger partial charge >= 0.3 is 6.09 Å². The van der Waals surface area contributed by atoms with Crippen LogP contribution in [0.3, 0.4) is 0 Å². The van der Waals surface area contributed by atoms with Gasteiger partial charge in [-0.1, -0.05) is 0 Å². The molecule has 1 aliphatic carbocycles. The minimum absolute atomic E-state index is 0.195. The van der Waals surface area contributed by atoms with Crippen molar-refractivity contribution in [1.82, 2.24) is 5.32 Å². The van der Waals surface area contributed by atoms with Crippen molar-refractivity contribution < 1.29 is 23.8 Å². The van der Waals surface area contributed by atoms with Crippen molar-refractivity contribution in [2.75, 3.05) is 36.0 Å². The third kappa shape index (κ3) is 2.98. The fraction of sp³-hybridized carbons (Fsp3) is 0.556. The van der Waals surface area contributed by atoms with Crippen LogP contribution < -0.4 is 15.1 Å². The molecule has 2 unspecified atom stereocenters. The summed E-state index contributed by atoms with van der Waals surface area (Å²) < 4.78 is 19.9. The van der Waals surface area contributed by atoms with Crippen molar-refractivity contribution in [1.29, 1.82) is 0 Å². The van der Waals surface area contributed by atoms with E-state index in [1.165, 1.54) is 17.9 Å². The Bertz CT molecular complexity index is 731. The monoisotopic (exact) mass is 363 g/mol. The molecule has 3 aliphatic heterocycles. The number of ether oxygens (including phenoxy) is 1. The Morgan fingerprint density at radius 1 is 1.35 bits per heavy atom. The summed E-state index contributed by atoms with van der Waals surface area (Å²) in [7, 11) is 0. The van der Waals surface area contributed by atoms with Gasteiger partial charge in [0.15, 0.2) is 0 Å². The number of piperidine rings is 2. The largest absolute Gasteiger partial charge is 0.442 e. The zero-order valence-corrected chi connectivity index (χ0v) is 14.5. The number of fused-ring (bicyclic) bond motifs is 2. The van der Waals surface area contributed by atoms with Gasteiger partial charge in [0.25, 0.3) is 0 Å². The van der Waals surface area contributed by atoms with E-state index in [0.717, 1.165) is 6.42 Å². The minimum atomic E-state index is -0.546. The average molecular weight is 363 g/mol. The normalized spacial score (nSPS) is 30.0. The Hall–Kier alpha value is -2.35. The van der Waals surface area contributed by atoms with Gasteiger partial charge in [0.2, 0.25) is 5.91 Å². The Labute approximate surface area is 150 Å². The van der Waals surface area contributed by atoms with Crippen LogP contribution in [-0.2, 0) is 9.53 Å². The highest BCUT2D eigenvalue weighted by Crippen LogP contribution is 2.42. The summed E-state index contributed by atoms with van der Waals surface area (Å²) in [5.74, 6) is -0.150. The molecule has 140 valence electrons. The molecule has 4 fully saturated rings. The van der Waals surface area contributed by atoms with Crippen LogP contribution in [0, 0.1) is 17.7 Å². The van der Waals surface area contributed by atoms with Gasteiger partial charge in [-0.2, -0.15) is 0 Å². The molecule has 3 heterocycles. The number of cyclic esters (lactones) is 1. The molecule has 1 aromatic carbocycles. The van der Waals surface area contributed by atoms with Crippen LogP contribution in [0.2, 0.25) is 0 Å². The molecule has 2 bridgehead atoms. The van der Waals surface area contributed by atoms with E-state index >= 15 is 0 Å². The number of carbonyl (C=O) groups excluding carboxylic acids is 2. The van der Waals surface area contributed by atoms with Gasteiger partial charge in [-0.05, 0) is 24.6 Å². The van der Waals surface area contributed by atoms with Crippen LogP contribution in [0.15, 0.2) is 18.2 Å². The number of nitrogens with one attached hydrogen (secondary N) is 1. The number of amides is 2. The third-order valence-electron chi connectivity index (χ3n) is 5.52. The van der Waals surface area contributed by atoms with E-state index in [1.807, 2.05) is 4.90 Å². The number of benzene rings is 1. The minimum Gasteiger partial charge on any atom is -0.442 e. The van der Waals surface area contributed by atoms with Crippen LogP contribution >= 0.6 is 0 Å². The van der Waals surface area contributed by atoms with Gasteiger partial charge in [0.1, 0.15) is 11.9 Å². The van der Waals surface area contributed by atoms with Gasteiger partial charge in [0, 0.05) is 31.8 Å². The van der Waals surface area contributed by atoms with Crippen molar-refractivity contribution in [2.24, 2.45) is 11.8 Å². The second kappa shape index (κ2) is 6.42. The highest BCUT2D eigenvalue weighted by Gasteiger charge is 2.46. The molecule has 8 heteroatoms. The first-order valence-corrected chi connectivity index (χ1v) is 8.87. The highest BCUT2D eigenvalue weighted by atomic mass is 19.1. The van der Waals surface area contributed by atoms with Crippen LogP contribution in [0.25, 0.3) is 0 Å². The smallest absolute Gasteiger partial charge is 0.414 e. The van der Waals surface area contributed by atoms with E-state index in [-0.39, 0.29) is 36.9 Å². The zero-order chi connectivity index (χ0) is 18.4. The first kappa shape index (κ1) is 17.1. The van der Waals surface area contributed by atoms with Crippen molar-refractivity contribution >= 4 is 23.4 Å². The SMILES string of the molecule is CC(=O)NC[C@H]1CN(c2ccc(N3CC4CC(C3)C4O)c(F)c2)C(=O)O1. The maximum Gasteiger partial charge on any atom is 0.414 e. The number of rotatable bonds is 4. The van der Waals surface area contributed by atoms with Crippen molar-refractivity contribution in [3.63, 3.8) is 0 Å². The maximum absolute atomic E-state index is 14.7. The number of anilines is 2. The van der Waals surface area contributed by atoms with Crippen molar-refractivity contribution in [3.8, 4) is 0 Å². The summed E-state index contributed by atoms with van der Waals surface area (Å²) >= 11 is 0. The summed E-state index contributed by atoms with van der Waals surface area (Å²) in [6.45, 7) is 3.19. The summed E-state index contributed by atoms with van der Waals surface area (Å²) in [6.07, 6.45) is -0.250. The number of aliphatic hydroxyl groups is 1. The maximum atomic E-state index is 14.7. The molecule has 0 radical (unpaired) electrons. The summed E-state index contributed by atoms with van der Waals surface area (Å²) in [6, 6.07) is 4.72. The standard InChI is InChI=1S/C18H22FN3O4/c1-10(23)20-6-14-9-22(18(25)26-14)13-2-3-16(15(19)5-13)21-7-11-4-12(8-21)17(11)24/h2-3,5,11-12,14,17,24H,4,6-9H2,1H3,(H,20,23)/t11?,12?,14-,17?/m0/s1. The summed E-state index contributed by atoms with van der Waals surface area (Å²) in [5, 5.41) is 12.5. The lowest BCUT2D eigenvalue weighted by atomic mass is 9.68. The molecular formula is C18H22FN3O4. The van der Waals surface area contributed by atoms with E-state index in [9.17, 15) is 19.1 Å². The van der Waals surface area contributed by atoms with Gasteiger partial charge in [-0.25, -0.2) is 9.18 Å². The van der Waals surface area contributed by atoms with Gasteiger partial charge in [0.05, 0.1) is 30.6 Å². The second-order valence-corrected chi connectivity index (χ2v) is 7.34. The van der Waals surface area contributed by atoms with Crippen LogP contribution in [0.4, 0.5) is 20.6 Å². The Morgan fingerprint density at radius 3 is 2.69 bits per heavy atom. The van der Waals surface area contributed by atoms with Crippen LogP contribution in [0.1, 0.15) is 13.3 Å². The number of aliphatic hydroxyl groups excluding tert-OH is 1. The number of halogens is 1. The molecule has 1 aromatic rings. The van der Waals surface area contributed by atoms with E-state index in [0.29, 0.717) is 24.5 Å². The number of hydrogen-bond acceptors (Lipinski definition) is 5. The molecule has 7 nitrogen and oxygen atoms in total. The first-order chi connectivity index (χ1) is 12.4. The number of nitrogens with zero attached hydrogens (tertiary/aromatic N) is 2. The summed E-state index contributed by atoms with van der Waals surface area (Å²) in [5.41, 5.74) is 0.932. The topological polar surface area (TPSA) is 82.1 Å². The molecule has 0 spiro atoms. The number of hydrogen-bond donors (Lipinski definition) is 2. The summed E-state index contributed by atoms with van der Waals surface area (Å²) in [4.78, 5) is 26.4. The molecule has 0 aromatic heterocycles. The average Bonchev–Trinajstić information content (AvgIpc) is 3.00. The van der Waals surface area contributed by atoms with Crippen molar-refractivity contribution in [3.05, 3.63) is 24.0 Å². The van der Waals surface area contributed by atoms with E-state index in [1.54, 1.807) is 12.1 Å². The number of carbonyl (C=O) groups is 2. The lowest BCUT2D eigenvalue weighted by Crippen LogP contribution is -2.58. The molecule has 3 saturated heterocycles. The molecule has 1 saturated carbocycles. The van der Waals surface area contributed by atoms with E-state index < -0.39 is 18.0 Å². The van der Waals surface area contributed by atoms with E-state index in [2.05, 4.69) is 5.32 Å². The molecule has 5 rings (SSSR count). The lowest BCUT2D eigenvalue weighted by molar-refractivity contribution is -0.119. The fourth-order valence-corrected chi connectivity index (χ4v) is 4.08. The lowest BCUT2D eigenvalue weighted by Gasteiger charge is -2.51. The fourth-order valence-electron chi connectivity index (χ4n) is 4.08. The third-order valence-corrected chi connectivity index (χ3v) is 5.52. The van der Waals surface area contributed by atoms with E-state index in [4.69, 9.17) is 4.74 Å². The molecule has 26 heavy (non-hydrogen) atoms. The zero-order valence-electron chi connectivity index (χ0n) is 14.5. The van der Waals surface area contributed by atoms with Crippen LogP contribution in [-0.4, -0.2) is 55.5 Å². The predicted molar refractivity (Wildman–Crippen MR) is 92.5 cm³/mol. The molecule has 4 aliphatic rings. The molecule has 2 N–H and O–H groups in total. The second-order valence-electron chi connectivity index (χ2n) is 7.34. The Kier molecular flexibility index (Phi) is 4.22. The highest BCUT2D eigenvalue weighted by molar-refractivity contribution is 5.90. The molecule has 2 amide bonds. The van der Waals surface area contributed by atoms with Crippen LogP contribution in [0.5, 0.6) is 0 Å². The molecular weight excluding hydrogens is 341 g/mol.